The van der Waals surface area contributed by atoms with Gasteiger partial charge in [-0.3, -0.25) is 43.6 Å². The van der Waals surface area contributed by atoms with E-state index in [0.717, 1.165) is 110 Å². The third-order valence-electron chi connectivity index (χ3n) is 15.5. The second-order valence-corrected chi connectivity index (χ2v) is 22.8. The van der Waals surface area contributed by atoms with Gasteiger partial charge in [-0.25, -0.2) is 4.79 Å². The molecule has 0 aliphatic carbocycles. The van der Waals surface area contributed by atoms with E-state index in [1.165, 1.54) is 7.11 Å². The number of esters is 3. The first-order valence-electron chi connectivity index (χ1n) is 26.3. The van der Waals surface area contributed by atoms with Crippen LogP contribution < -0.4 is 10.6 Å². The number of likely N-dealkylation sites (tertiary alicyclic amines) is 2. The molecule has 0 saturated carbocycles. The molecule has 19 nitrogen and oxygen atoms in total. The number of ether oxygens (including phenoxy) is 3. The van der Waals surface area contributed by atoms with Crippen LogP contribution >= 0.6 is 0 Å². The molecule has 74 heavy (non-hydrogen) atoms. The summed E-state index contributed by atoms with van der Waals surface area (Å²) in [5.41, 5.74) is -2.20. The molecule has 0 aromatic heterocycles. The molecule has 0 spiro atoms. The van der Waals surface area contributed by atoms with Gasteiger partial charge in [0, 0.05) is 23.9 Å². The molecule has 0 amide bonds. The number of carbonyl (C=O) groups is 6. The van der Waals surface area contributed by atoms with E-state index in [-0.39, 0.29) is 58.8 Å². The number of hydrogen-bond donors (Lipinski definition) is 5. The van der Waals surface area contributed by atoms with Crippen molar-refractivity contribution in [2.75, 3.05) is 60.5 Å². The standard InChI is InChI=1S/C13H21NO2.2C10H17NO2.C9H15NO2.C8H13NO2.C5H9NO2.H2O/c1-5-7-13-8-6-9-14(13)10(12(2,3)4)16-11(13)15;1-10(2,3)9-11-6-4-5-7(11)8(12)13-9;1-4-6-10(9(12)13-3)7-5-8-11(10)2;1-3-5-9(8(11)12)6-4-7-10(9)2;1-2-4-8(7(10)11)5-3-6-9-8;7-5(8)4-2-1-3-6-4;/h5,10H,1,6-9H2,2-4H3;7,9H,4-6H2,1-3H3;4H,1,5-8H2,2-3H3;3H,1,4-7H2,2H3,(H,11,12);2,9H,1,3-6H2,(H,10,11);4,6H,1-3H2,(H,7,8);1H2/t10?,13-;7-,9?;10-;9-;8-;4-;/m000000./s1. The summed E-state index contributed by atoms with van der Waals surface area (Å²) in [6.07, 6.45) is 20.5. The van der Waals surface area contributed by atoms with Gasteiger partial charge in [-0.05, 0) is 143 Å². The number of nitrogens with zero attached hydrogens (tertiary/aromatic N) is 4. The van der Waals surface area contributed by atoms with Crippen molar-refractivity contribution in [3.05, 3.63) is 50.6 Å². The van der Waals surface area contributed by atoms with E-state index in [1.807, 2.05) is 25.1 Å². The summed E-state index contributed by atoms with van der Waals surface area (Å²) in [6.45, 7) is 32.8. The minimum Gasteiger partial charge on any atom is -0.480 e. The van der Waals surface area contributed by atoms with Gasteiger partial charge in [0.15, 0.2) is 12.5 Å². The Kier molecular flexibility index (Phi) is 25.3. The number of cyclic esters (lactones) is 2. The van der Waals surface area contributed by atoms with Crippen molar-refractivity contribution in [1.29, 1.82) is 0 Å². The summed E-state index contributed by atoms with van der Waals surface area (Å²) >= 11 is 0. The average molecular weight is 1050 g/mol. The fourth-order valence-corrected chi connectivity index (χ4v) is 11.5. The third-order valence-corrected chi connectivity index (χ3v) is 15.5. The fourth-order valence-electron chi connectivity index (χ4n) is 11.5. The largest absolute Gasteiger partial charge is 0.480 e. The second kappa shape index (κ2) is 28.6. The van der Waals surface area contributed by atoms with Crippen molar-refractivity contribution >= 4 is 35.8 Å². The van der Waals surface area contributed by atoms with Gasteiger partial charge >= 0.3 is 35.8 Å². The van der Waals surface area contributed by atoms with Gasteiger partial charge in [0.1, 0.15) is 34.2 Å². The van der Waals surface area contributed by atoms with Gasteiger partial charge < -0.3 is 45.6 Å². The van der Waals surface area contributed by atoms with Crippen molar-refractivity contribution in [2.45, 2.75) is 191 Å². The minimum atomic E-state index is -0.755. The van der Waals surface area contributed by atoms with E-state index in [2.05, 4.69) is 93.2 Å². The molecule has 8 rings (SSSR count). The zero-order valence-corrected chi connectivity index (χ0v) is 46.3. The number of carboxylic acids is 3. The molecule has 8 aliphatic heterocycles. The molecule has 8 heterocycles. The molecular weight excluding hydrogens is 953 g/mol. The average Bonchev–Trinajstić information content (AvgIpc) is 4.18. The maximum absolute atomic E-state index is 12.1. The second-order valence-electron chi connectivity index (χ2n) is 22.8. The number of aliphatic carboxylic acids is 3. The summed E-state index contributed by atoms with van der Waals surface area (Å²) in [4.78, 5) is 75.6. The molecule has 2 unspecified atom stereocenters. The van der Waals surface area contributed by atoms with Crippen LogP contribution in [0, 0.1) is 10.8 Å². The lowest BCUT2D eigenvalue weighted by atomic mass is 9.90. The van der Waals surface area contributed by atoms with E-state index >= 15 is 0 Å². The predicted octanol–water partition coefficient (Wildman–Crippen LogP) is 5.78. The molecule has 8 fully saturated rings. The molecule has 8 atom stereocenters. The summed E-state index contributed by atoms with van der Waals surface area (Å²) < 4.78 is 15.8. The summed E-state index contributed by atoms with van der Waals surface area (Å²) in [5.74, 6) is -2.39. The van der Waals surface area contributed by atoms with Crippen LogP contribution in [0.25, 0.3) is 0 Å². The van der Waals surface area contributed by atoms with Crippen LogP contribution in [0.1, 0.15) is 144 Å². The van der Waals surface area contributed by atoms with E-state index in [9.17, 15) is 28.8 Å². The van der Waals surface area contributed by atoms with E-state index in [0.29, 0.717) is 32.1 Å². The predicted molar refractivity (Wildman–Crippen MR) is 285 cm³/mol. The maximum atomic E-state index is 12.1. The molecule has 422 valence electrons. The van der Waals surface area contributed by atoms with Crippen LogP contribution in [-0.2, 0) is 43.0 Å². The number of fused-ring (bicyclic) bond motifs is 2. The van der Waals surface area contributed by atoms with Crippen molar-refractivity contribution in [3.8, 4) is 0 Å². The maximum Gasteiger partial charge on any atom is 0.328 e. The lowest BCUT2D eigenvalue weighted by molar-refractivity contribution is -0.153. The lowest BCUT2D eigenvalue weighted by Gasteiger charge is -2.35. The Morgan fingerprint density at radius 2 is 1.23 bits per heavy atom. The molecule has 0 bridgehead atoms. The molecule has 8 aliphatic rings. The topological polar surface area (TPSA) is 259 Å². The van der Waals surface area contributed by atoms with Crippen molar-refractivity contribution < 1.29 is 63.8 Å². The Morgan fingerprint density at radius 3 is 1.65 bits per heavy atom. The molecule has 0 aromatic rings. The van der Waals surface area contributed by atoms with Crippen LogP contribution in [0.15, 0.2) is 50.6 Å². The SMILES string of the molecule is C=CC[C@@]1(C(=O)O)CCCN1.C=CC[C@@]1(C(=O)O)CCCN1C.C=CC[C@@]1(C(=O)OC)CCCN1C.C=CC[C@@]12CCCN1C(C(C)(C)C)OC2=O.CC(C)(C)C1OC(=O)[C@@H]2CCCN12.O.O=C(O)[C@@H]1CCCN1. The van der Waals surface area contributed by atoms with E-state index in [1.54, 1.807) is 18.2 Å². The molecule has 0 radical (unpaired) electrons. The zero-order chi connectivity index (χ0) is 55.0. The Morgan fingerprint density at radius 1 is 0.676 bits per heavy atom. The molecule has 7 N–H and O–H groups in total. The lowest BCUT2D eigenvalue weighted by Crippen LogP contribution is -2.48. The highest BCUT2D eigenvalue weighted by molar-refractivity contribution is 5.84. The first-order chi connectivity index (χ1) is 34.2. The Hall–Kier alpha value is -4.50. The monoisotopic (exact) mass is 1050 g/mol. The highest BCUT2D eigenvalue weighted by Gasteiger charge is 2.59. The summed E-state index contributed by atoms with van der Waals surface area (Å²) in [7, 11) is 5.28. The highest BCUT2D eigenvalue weighted by Crippen LogP contribution is 2.46. The highest BCUT2D eigenvalue weighted by atomic mass is 16.6. The van der Waals surface area contributed by atoms with E-state index < -0.39 is 40.1 Å². The molecule has 0 aromatic carbocycles. The number of methoxy groups -OCH3 is 1. The van der Waals surface area contributed by atoms with Crippen LogP contribution in [0.3, 0.4) is 0 Å². The Balaban J connectivity index is 0.000000306. The molecule has 8 saturated heterocycles. The number of carbonyl (C=O) groups excluding carboxylic acids is 3. The first kappa shape index (κ1) is 65.6. The van der Waals surface area contributed by atoms with Gasteiger partial charge in [0.25, 0.3) is 0 Å². The molecular formula is C55H94N6O13. The van der Waals surface area contributed by atoms with E-state index in [4.69, 9.17) is 29.5 Å². The van der Waals surface area contributed by atoms with Gasteiger partial charge in [-0.15, -0.1) is 26.3 Å². The summed E-state index contributed by atoms with van der Waals surface area (Å²) in [6, 6.07) is -0.209. The smallest absolute Gasteiger partial charge is 0.328 e. The molecule has 19 heteroatoms. The van der Waals surface area contributed by atoms with Crippen molar-refractivity contribution in [2.24, 2.45) is 10.8 Å². The Labute approximate surface area is 441 Å². The number of nitrogens with one attached hydrogen (secondary N) is 2. The minimum absolute atomic E-state index is 0. The van der Waals surface area contributed by atoms with Gasteiger partial charge in [-0.2, -0.15) is 0 Å². The van der Waals surface area contributed by atoms with Gasteiger partial charge in [-0.1, -0.05) is 65.8 Å². The number of rotatable bonds is 12. The zero-order valence-electron chi connectivity index (χ0n) is 46.3. The van der Waals surface area contributed by atoms with Gasteiger partial charge in [0.2, 0.25) is 0 Å². The van der Waals surface area contributed by atoms with Crippen LogP contribution in [0.2, 0.25) is 0 Å². The quantitative estimate of drug-likeness (QED) is 0.0881. The normalized spacial score (nSPS) is 31.2. The number of carboxylic acid groups (broad SMARTS) is 3. The van der Waals surface area contributed by atoms with Crippen LogP contribution in [0.4, 0.5) is 0 Å². The first-order valence-corrected chi connectivity index (χ1v) is 26.3. The summed E-state index contributed by atoms with van der Waals surface area (Å²) in [5, 5.41) is 32.2. The van der Waals surface area contributed by atoms with Crippen LogP contribution in [-0.4, -0.2) is 183 Å². The third kappa shape index (κ3) is 15.6. The number of hydrogen-bond acceptors (Lipinski definition) is 15. The van der Waals surface area contributed by atoms with Crippen molar-refractivity contribution in [1.82, 2.24) is 30.2 Å². The van der Waals surface area contributed by atoms with Crippen molar-refractivity contribution in [3.63, 3.8) is 0 Å². The Bertz CT molecular complexity index is 1920. The number of likely N-dealkylation sites (N-methyl/N-ethyl adjacent to an activating group) is 2. The van der Waals surface area contributed by atoms with Crippen LogP contribution in [0.5, 0.6) is 0 Å². The fraction of sp³-hybridized carbons (Fsp3) is 0.745. The van der Waals surface area contributed by atoms with Gasteiger partial charge in [0.05, 0.1) is 7.11 Å².